The third-order valence-corrected chi connectivity index (χ3v) is 11.0. The first-order chi connectivity index (χ1) is 27.5. The molecule has 0 saturated heterocycles. The minimum atomic E-state index is -0.790. The maximum absolute atomic E-state index is 13.1. The van der Waals surface area contributed by atoms with Crippen LogP contribution in [0.5, 0.6) is 0 Å². The van der Waals surface area contributed by atoms with Crippen molar-refractivity contribution in [2.75, 3.05) is 6.61 Å². The molecule has 3 unspecified atom stereocenters. The van der Waals surface area contributed by atoms with Gasteiger partial charge in [0.05, 0.1) is 25.2 Å². The van der Waals surface area contributed by atoms with Crippen molar-refractivity contribution in [3.8, 4) is 0 Å². The molecule has 0 radical (unpaired) electrons. The van der Waals surface area contributed by atoms with Crippen LogP contribution in [0.3, 0.4) is 0 Å². The summed E-state index contributed by atoms with van der Waals surface area (Å²) >= 11 is 0. The SMILES string of the molecule is CC/C=C/C=C/C=C/CCCCCCCC(CC(=O)NC(CO)C(O)CCCCCCCCCCCCCCCCC)OC(=O)CCCCCCCCCCC. The lowest BCUT2D eigenvalue weighted by atomic mass is 10.0. The summed E-state index contributed by atoms with van der Waals surface area (Å²) in [6.45, 7) is 6.33. The van der Waals surface area contributed by atoms with Crippen LogP contribution in [-0.2, 0) is 14.3 Å². The highest BCUT2D eigenvalue weighted by Gasteiger charge is 2.24. The van der Waals surface area contributed by atoms with Crippen molar-refractivity contribution < 1.29 is 24.5 Å². The number of carbonyl (C=O) groups excluding carboxylic acids is 2. The fourth-order valence-corrected chi connectivity index (χ4v) is 7.37. The van der Waals surface area contributed by atoms with E-state index in [0.717, 1.165) is 83.5 Å². The third kappa shape index (κ3) is 38.9. The van der Waals surface area contributed by atoms with E-state index in [0.29, 0.717) is 19.3 Å². The van der Waals surface area contributed by atoms with Gasteiger partial charge in [0, 0.05) is 6.42 Å². The van der Waals surface area contributed by atoms with E-state index in [9.17, 15) is 19.8 Å². The van der Waals surface area contributed by atoms with Crippen molar-refractivity contribution in [2.45, 2.75) is 264 Å². The molecule has 56 heavy (non-hydrogen) atoms. The minimum absolute atomic E-state index is 0.0669. The van der Waals surface area contributed by atoms with Crippen molar-refractivity contribution in [1.82, 2.24) is 5.32 Å². The molecule has 0 bridgehead atoms. The van der Waals surface area contributed by atoms with Gasteiger partial charge in [0.2, 0.25) is 5.91 Å². The lowest BCUT2D eigenvalue weighted by Crippen LogP contribution is -2.46. The van der Waals surface area contributed by atoms with E-state index in [1.165, 1.54) is 116 Å². The Kier molecular flexibility index (Phi) is 42.7. The van der Waals surface area contributed by atoms with Crippen LogP contribution >= 0.6 is 0 Å². The minimum Gasteiger partial charge on any atom is -0.462 e. The number of unbranched alkanes of at least 4 members (excludes halogenated alkanes) is 27. The quantitative estimate of drug-likeness (QED) is 0.0325. The number of ether oxygens (including phenoxy) is 1. The summed E-state index contributed by atoms with van der Waals surface area (Å²) in [5.74, 6) is -0.491. The first kappa shape index (κ1) is 54.1. The number of hydrogen-bond donors (Lipinski definition) is 3. The number of carbonyl (C=O) groups is 2. The second kappa shape index (κ2) is 44.2. The molecule has 6 heteroatoms. The summed E-state index contributed by atoms with van der Waals surface area (Å²) in [5.41, 5.74) is 0. The lowest BCUT2D eigenvalue weighted by Gasteiger charge is -2.24. The van der Waals surface area contributed by atoms with Crippen molar-refractivity contribution in [1.29, 1.82) is 0 Å². The largest absolute Gasteiger partial charge is 0.462 e. The predicted molar refractivity (Wildman–Crippen MR) is 241 cm³/mol. The van der Waals surface area contributed by atoms with Gasteiger partial charge in [-0.15, -0.1) is 0 Å². The Morgan fingerprint density at radius 1 is 0.536 bits per heavy atom. The molecule has 0 fully saturated rings. The number of amides is 1. The molecular formula is C50H93NO5. The van der Waals surface area contributed by atoms with Crippen LogP contribution in [0, 0.1) is 0 Å². The molecule has 0 aliphatic carbocycles. The standard InChI is InChI=1S/C50H93NO5/c1-4-7-10-13-16-19-21-23-24-26-28-31-33-36-39-42-48(53)47(45-52)51-49(54)44-46(56-50(55)43-40-37-34-29-18-15-12-9-6-3)41-38-35-32-30-27-25-22-20-17-14-11-8-5-2/h8,11,14,17,20,22,46-48,52-53H,4-7,9-10,12-13,15-16,18-19,21,23-45H2,1-3H3,(H,51,54)/b11-8+,17-14+,22-20+. The molecular weight excluding hydrogens is 695 g/mol. The monoisotopic (exact) mass is 788 g/mol. The normalized spacial score (nSPS) is 13.6. The van der Waals surface area contributed by atoms with E-state index in [-0.39, 0.29) is 24.9 Å². The van der Waals surface area contributed by atoms with E-state index >= 15 is 0 Å². The highest BCUT2D eigenvalue weighted by molar-refractivity contribution is 5.77. The van der Waals surface area contributed by atoms with Crippen molar-refractivity contribution in [3.63, 3.8) is 0 Å². The predicted octanol–water partition coefficient (Wildman–Crippen LogP) is 14.1. The Morgan fingerprint density at radius 2 is 0.964 bits per heavy atom. The number of aliphatic hydroxyl groups is 2. The molecule has 0 heterocycles. The zero-order valence-corrected chi connectivity index (χ0v) is 37.3. The Labute approximate surface area is 347 Å². The summed E-state index contributed by atoms with van der Waals surface area (Å²) in [7, 11) is 0. The summed E-state index contributed by atoms with van der Waals surface area (Å²) in [6.07, 6.45) is 50.6. The second-order valence-corrected chi connectivity index (χ2v) is 16.6. The second-order valence-electron chi connectivity index (χ2n) is 16.6. The number of rotatable bonds is 43. The molecule has 0 saturated carbocycles. The van der Waals surface area contributed by atoms with Crippen molar-refractivity contribution in [3.05, 3.63) is 36.5 Å². The molecule has 6 nitrogen and oxygen atoms in total. The van der Waals surface area contributed by atoms with Crippen molar-refractivity contribution >= 4 is 11.9 Å². The van der Waals surface area contributed by atoms with Gasteiger partial charge in [0.15, 0.2) is 0 Å². The van der Waals surface area contributed by atoms with E-state index in [1.807, 2.05) is 0 Å². The van der Waals surface area contributed by atoms with Crippen molar-refractivity contribution in [2.24, 2.45) is 0 Å². The Hall–Kier alpha value is -1.92. The summed E-state index contributed by atoms with van der Waals surface area (Å²) in [6, 6.07) is -0.704. The first-order valence-corrected chi connectivity index (χ1v) is 24.2. The average Bonchev–Trinajstić information content (AvgIpc) is 3.19. The highest BCUT2D eigenvalue weighted by Crippen LogP contribution is 2.18. The lowest BCUT2D eigenvalue weighted by molar-refractivity contribution is -0.151. The molecule has 3 N–H and O–H groups in total. The van der Waals surface area contributed by atoms with E-state index in [1.54, 1.807) is 0 Å². The average molecular weight is 788 g/mol. The van der Waals surface area contributed by atoms with Gasteiger partial charge in [-0.25, -0.2) is 0 Å². The maximum atomic E-state index is 13.1. The van der Waals surface area contributed by atoms with Crippen LogP contribution in [0.2, 0.25) is 0 Å². The van der Waals surface area contributed by atoms with Gasteiger partial charge in [0.25, 0.3) is 0 Å². The van der Waals surface area contributed by atoms with Crippen LogP contribution < -0.4 is 5.32 Å². The summed E-state index contributed by atoms with van der Waals surface area (Å²) < 4.78 is 5.89. The molecule has 0 aliphatic rings. The number of allylic oxidation sites excluding steroid dienone is 6. The zero-order valence-electron chi connectivity index (χ0n) is 37.3. The Balaban J connectivity index is 4.53. The van der Waals surface area contributed by atoms with Crippen LogP contribution in [0.25, 0.3) is 0 Å². The van der Waals surface area contributed by atoms with Gasteiger partial charge in [-0.1, -0.05) is 224 Å². The van der Waals surface area contributed by atoms with Crippen LogP contribution in [0.1, 0.15) is 245 Å². The van der Waals surface area contributed by atoms with E-state index in [4.69, 9.17) is 4.74 Å². The van der Waals surface area contributed by atoms with Gasteiger partial charge in [-0.2, -0.15) is 0 Å². The van der Waals surface area contributed by atoms with Gasteiger partial charge in [-0.05, 0) is 44.9 Å². The number of hydrogen-bond acceptors (Lipinski definition) is 5. The summed E-state index contributed by atoms with van der Waals surface area (Å²) in [4.78, 5) is 26.0. The number of esters is 1. The molecule has 0 spiro atoms. The molecule has 0 aromatic heterocycles. The Morgan fingerprint density at radius 3 is 1.45 bits per heavy atom. The van der Waals surface area contributed by atoms with Gasteiger partial charge >= 0.3 is 5.97 Å². The third-order valence-electron chi connectivity index (χ3n) is 11.0. The first-order valence-electron chi connectivity index (χ1n) is 24.2. The maximum Gasteiger partial charge on any atom is 0.306 e. The molecule has 1 amide bonds. The fraction of sp³-hybridized carbons (Fsp3) is 0.840. The molecule has 0 aromatic carbocycles. The fourth-order valence-electron chi connectivity index (χ4n) is 7.37. The van der Waals surface area contributed by atoms with E-state index < -0.39 is 18.2 Å². The van der Waals surface area contributed by atoms with E-state index in [2.05, 4.69) is 62.5 Å². The van der Waals surface area contributed by atoms with Gasteiger partial charge in [-0.3, -0.25) is 9.59 Å². The van der Waals surface area contributed by atoms with Gasteiger partial charge in [0.1, 0.15) is 6.10 Å². The Bertz CT molecular complexity index is 930. The van der Waals surface area contributed by atoms with Crippen LogP contribution in [0.4, 0.5) is 0 Å². The zero-order chi connectivity index (χ0) is 41.0. The number of nitrogens with one attached hydrogen (secondary N) is 1. The molecule has 0 rings (SSSR count). The molecule has 0 aromatic rings. The van der Waals surface area contributed by atoms with Crippen LogP contribution in [-0.4, -0.2) is 46.9 Å². The molecule has 0 aliphatic heterocycles. The molecule has 3 atom stereocenters. The van der Waals surface area contributed by atoms with Crippen LogP contribution in [0.15, 0.2) is 36.5 Å². The number of aliphatic hydroxyl groups excluding tert-OH is 2. The smallest absolute Gasteiger partial charge is 0.306 e. The molecule has 328 valence electrons. The highest BCUT2D eigenvalue weighted by atomic mass is 16.5. The van der Waals surface area contributed by atoms with Gasteiger partial charge < -0.3 is 20.3 Å². The topological polar surface area (TPSA) is 95.9 Å². The summed E-state index contributed by atoms with van der Waals surface area (Å²) in [5, 5.41) is 23.7.